The van der Waals surface area contributed by atoms with Gasteiger partial charge in [0, 0.05) is 19.2 Å². The summed E-state index contributed by atoms with van der Waals surface area (Å²) in [5, 5.41) is 5.42. The summed E-state index contributed by atoms with van der Waals surface area (Å²) in [6, 6.07) is 8.77. The summed E-state index contributed by atoms with van der Waals surface area (Å²) in [5.41, 5.74) is 2.23. The number of likely N-dealkylation sites (N-methyl/N-ethyl adjacent to an activating group) is 1. The number of imidazole rings is 1. The molecule has 1 atom stereocenters. The van der Waals surface area contributed by atoms with Gasteiger partial charge in [0.25, 0.3) is 0 Å². The molecule has 27 heavy (non-hydrogen) atoms. The van der Waals surface area contributed by atoms with Crippen molar-refractivity contribution in [3.63, 3.8) is 0 Å². The predicted octanol–water partition coefficient (Wildman–Crippen LogP) is 1.46. The number of hydrogen-bond donors (Lipinski definition) is 2. The van der Waals surface area contributed by atoms with Crippen LogP contribution in [-0.4, -0.2) is 41.1 Å². The van der Waals surface area contributed by atoms with Crippen molar-refractivity contribution in [2.45, 2.75) is 44.7 Å². The summed E-state index contributed by atoms with van der Waals surface area (Å²) in [7, 11) is 1.56. The van der Waals surface area contributed by atoms with Crippen molar-refractivity contribution in [3.8, 4) is 5.75 Å². The van der Waals surface area contributed by atoms with Gasteiger partial charge in [-0.1, -0.05) is 18.2 Å². The fraction of sp³-hybridized carbons (Fsp3) is 0.450. The Hall–Kier alpha value is -2.83. The molecule has 0 unspecified atom stereocenters. The molecule has 1 aliphatic rings. The highest BCUT2D eigenvalue weighted by Crippen LogP contribution is 2.19. The molecule has 0 spiro atoms. The molecule has 1 aromatic heterocycles. The number of amides is 2. The average Bonchev–Trinajstić information content (AvgIpc) is 3.10. The molecule has 0 bridgehead atoms. The van der Waals surface area contributed by atoms with Gasteiger partial charge in [0.2, 0.25) is 11.8 Å². The van der Waals surface area contributed by atoms with Gasteiger partial charge in [0.05, 0.1) is 18.6 Å². The molecule has 0 saturated carbocycles. The van der Waals surface area contributed by atoms with Crippen molar-refractivity contribution in [1.29, 1.82) is 0 Å². The van der Waals surface area contributed by atoms with Crippen molar-refractivity contribution in [3.05, 3.63) is 48.0 Å². The molecule has 1 aliphatic carbocycles. The minimum atomic E-state index is -0.634. The fourth-order valence-electron chi connectivity index (χ4n) is 3.32. The Balaban J connectivity index is 1.54. The Kier molecular flexibility index (Phi) is 6.46. The van der Waals surface area contributed by atoms with Crippen LogP contribution in [0, 0.1) is 0 Å². The summed E-state index contributed by atoms with van der Waals surface area (Å²) in [4.78, 5) is 29.0. The van der Waals surface area contributed by atoms with Gasteiger partial charge >= 0.3 is 0 Å². The third kappa shape index (κ3) is 5.09. The molecule has 0 saturated heterocycles. The molecule has 0 fully saturated rings. The van der Waals surface area contributed by atoms with Crippen LogP contribution in [0.5, 0.6) is 5.75 Å². The number of nitrogens with zero attached hydrogens (tertiary/aromatic N) is 2. The number of para-hydroxylation sites is 1. The summed E-state index contributed by atoms with van der Waals surface area (Å²) in [6.45, 7) is 0.512. The SMILES string of the molecule is CNC(=O)[C@@H](CCOc1ccccc1)NC(=O)Cn1cnc2c1CCCC2. The quantitative estimate of drug-likeness (QED) is 0.737. The van der Waals surface area contributed by atoms with Crippen molar-refractivity contribution < 1.29 is 14.3 Å². The summed E-state index contributed by atoms with van der Waals surface area (Å²) < 4.78 is 7.54. The number of aryl methyl sites for hydroxylation is 1. The first-order valence-corrected chi connectivity index (χ1v) is 9.39. The first kappa shape index (κ1) is 18.9. The molecular weight excluding hydrogens is 344 g/mol. The summed E-state index contributed by atoms with van der Waals surface area (Å²) in [5.74, 6) is 0.311. The van der Waals surface area contributed by atoms with E-state index in [1.165, 1.54) is 0 Å². The first-order chi connectivity index (χ1) is 13.2. The number of carbonyl (C=O) groups is 2. The van der Waals surface area contributed by atoms with Crippen molar-refractivity contribution in [2.75, 3.05) is 13.7 Å². The highest BCUT2D eigenvalue weighted by Gasteiger charge is 2.21. The fourth-order valence-corrected chi connectivity index (χ4v) is 3.32. The van der Waals surface area contributed by atoms with E-state index in [2.05, 4.69) is 15.6 Å². The number of hydrogen-bond acceptors (Lipinski definition) is 4. The molecule has 7 nitrogen and oxygen atoms in total. The standard InChI is InChI=1S/C20H26N4O3/c1-21-20(26)17(11-12-27-15-7-3-2-4-8-15)23-19(25)13-24-14-22-16-9-5-6-10-18(16)24/h2-4,7-8,14,17H,5-6,9-13H2,1H3,(H,21,26)(H,23,25)/t17-/m1/s1. The van der Waals surface area contributed by atoms with Gasteiger partial charge in [-0.2, -0.15) is 0 Å². The Labute approximate surface area is 159 Å². The van der Waals surface area contributed by atoms with Gasteiger partial charge in [0.1, 0.15) is 18.3 Å². The van der Waals surface area contributed by atoms with Gasteiger partial charge in [0.15, 0.2) is 0 Å². The minimum Gasteiger partial charge on any atom is -0.494 e. The second-order valence-corrected chi connectivity index (χ2v) is 6.66. The van der Waals surface area contributed by atoms with E-state index in [1.807, 2.05) is 34.9 Å². The van der Waals surface area contributed by atoms with Crippen LogP contribution in [0.4, 0.5) is 0 Å². The second kappa shape index (κ2) is 9.21. The summed E-state index contributed by atoms with van der Waals surface area (Å²) >= 11 is 0. The van der Waals surface area contributed by atoms with Crippen LogP contribution >= 0.6 is 0 Å². The monoisotopic (exact) mass is 370 g/mol. The largest absolute Gasteiger partial charge is 0.494 e. The molecule has 7 heteroatoms. The van der Waals surface area contributed by atoms with E-state index >= 15 is 0 Å². The van der Waals surface area contributed by atoms with Gasteiger partial charge in [-0.15, -0.1) is 0 Å². The van der Waals surface area contributed by atoms with E-state index in [0.29, 0.717) is 13.0 Å². The van der Waals surface area contributed by atoms with E-state index in [4.69, 9.17) is 4.74 Å². The molecule has 0 radical (unpaired) electrons. The van der Waals surface area contributed by atoms with Gasteiger partial charge < -0.3 is 19.9 Å². The van der Waals surface area contributed by atoms with Crippen molar-refractivity contribution in [1.82, 2.24) is 20.2 Å². The minimum absolute atomic E-state index is 0.176. The maximum absolute atomic E-state index is 12.5. The van der Waals surface area contributed by atoms with E-state index < -0.39 is 6.04 Å². The number of ether oxygens (including phenoxy) is 1. The molecule has 2 N–H and O–H groups in total. The molecule has 1 aromatic carbocycles. The molecular formula is C20H26N4O3. The number of rotatable bonds is 8. The molecule has 144 valence electrons. The third-order valence-electron chi connectivity index (χ3n) is 4.74. The lowest BCUT2D eigenvalue weighted by atomic mass is 10.0. The lowest BCUT2D eigenvalue weighted by Gasteiger charge is -2.19. The van der Waals surface area contributed by atoms with Crippen LogP contribution in [0.2, 0.25) is 0 Å². The molecule has 0 aliphatic heterocycles. The lowest BCUT2D eigenvalue weighted by molar-refractivity contribution is -0.129. The zero-order valence-corrected chi connectivity index (χ0v) is 15.6. The van der Waals surface area contributed by atoms with Crippen molar-refractivity contribution >= 4 is 11.8 Å². The highest BCUT2D eigenvalue weighted by atomic mass is 16.5. The summed E-state index contributed by atoms with van der Waals surface area (Å²) in [6.07, 6.45) is 6.31. The highest BCUT2D eigenvalue weighted by molar-refractivity contribution is 5.87. The number of aromatic nitrogens is 2. The van der Waals surface area contributed by atoms with Crippen molar-refractivity contribution in [2.24, 2.45) is 0 Å². The van der Waals surface area contributed by atoms with Gasteiger partial charge in [-0.3, -0.25) is 9.59 Å². The van der Waals surface area contributed by atoms with Crippen LogP contribution in [0.1, 0.15) is 30.7 Å². The van der Waals surface area contributed by atoms with Gasteiger partial charge in [-0.05, 0) is 37.8 Å². The Morgan fingerprint density at radius 2 is 2.00 bits per heavy atom. The maximum atomic E-state index is 12.5. The normalized spacial score (nSPS) is 14.1. The van der Waals surface area contributed by atoms with Crippen LogP contribution in [0.25, 0.3) is 0 Å². The molecule has 2 aromatic rings. The second-order valence-electron chi connectivity index (χ2n) is 6.66. The Bertz CT molecular complexity index is 773. The maximum Gasteiger partial charge on any atom is 0.242 e. The van der Waals surface area contributed by atoms with E-state index in [1.54, 1.807) is 13.4 Å². The first-order valence-electron chi connectivity index (χ1n) is 9.39. The van der Waals surface area contributed by atoms with Crippen LogP contribution in [0.3, 0.4) is 0 Å². The van der Waals surface area contributed by atoms with Crippen LogP contribution < -0.4 is 15.4 Å². The van der Waals surface area contributed by atoms with E-state index in [9.17, 15) is 9.59 Å². The average molecular weight is 370 g/mol. The number of benzene rings is 1. The number of carbonyl (C=O) groups excluding carboxylic acids is 2. The van der Waals surface area contributed by atoms with E-state index in [0.717, 1.165) is 42.8 Å². The molecule has 2 amide bonds. The zero-order chi connectivity index (χ0) is 19.1. The number of nitrogens with one attached hydrogen (secondary N) is 2. The van der Waals surface area contributed by atoms with Crippen LogP contribution in [0.15, 0.2) is 36.7 Å². The smallest absolute Gasteiger partial charge is 0.242 e. The third-order valence-corrected chi connectivity index (χ3v) is 4.74. The molecule has 3 rings (SSSR count). The number of fused-ring (bicyclic) bond motifs is 1. The molecule has 1 heterocycles. The predicted molar refractivity (Wildman–Crippen MR) is 101 cm³/mol. The lowest BCUT2D eigenvalue weighted by Crippen LogP contribution is -2.47. The topological polar surface area (TPSA) is 85.3 Å². The zero-order valence-electron chi connectivity index (χ0n) is 15.6. The van der Waals surface area contributed by atoms with Crippen LogP contribution in [-0.2, 0) is 29.0 Å². The Morgan fingerprint density at radius 1 is 1.22 bits per heavy atom. The van der Waals surface area contributed by atoms with Gasteiger partial charge in [-0.25, -0.2) is 4.98 Å². The van der Waals surface area contributed by atoms with E-state index in [-0.39, 0.29) is 18.4 Å². The Morgan fingerprint density at radius 3 is 2.78 bits per heavy atom.